The summed E-state index contributed by atoms with van der Waals surface area (Å²) in [6.45, 7) is 3.74. The standard InChI is InChI=1S/C10H15N2O8P.C6H14O3.C3H8O2/c1-5-3-12(10(15)11-9(5)14)8-2-6(13)7(20-8)4-19-21(16,17)18;1-2-6(3-7,4-8)5-9;1-3(5)2-4/h3,6-8,13H,2,4H2,1H3,(H,11,14,15)(H2,16,17,18);7-9H,2-5H2,1H3;3-5H,2H2,1H3/t6-,7+,8+;;/m0../s1. The average molecular weight is 532 g/mol. The van der Waals surface area contributed by atoms with Gasteiger partial charge in [-0.15, -0.1) is 0 Å². The third kappa shape index (κ3) is 11.9. The van der Waals surface area contributed by atoms with E-state index in [0.717, 1.165) is 4.57 Å². The normalized spacial score (nSPS) is 20.9. The molecule has 206 valence electrons. The molecule has 0 bridgehead atoms. The lowest BCUT2D eigenvalue weighted by Crippen LogP contribution is -2.33. The van der Waals surface area contributed by atoms with Gasteiger partial charge < -0.3 is 45.2 Å². The Labute approximate surface area is 201 Å². The number of hydrogen-bond acceptors (Lipinski definition) is 11. The number of H-pyrrole nitrogens is 1. The number of nitrogens with zero attached hydrogens (tertiary/aromatic N) is 1. The lowest BCUT2D eigenvalue weighted by atomic mass is 9.88. The van der Waals surface area contributed by atoms with E-state index in [-0.39, 0.29) is 32.8 Å². The molecule has 0 aliphatic carbocycles. The molecule has 0 amide bonds. The van der Waals surface area contributed by atoms with Gasteiger partial charge in [0.2, 0.25) is 0 Å². The van der Waals surface area contributed by atoms with Crippen LogP contribution in [0.25, 0.3) is 0 Å². The Hall–Kier alpha value is -1.49. The lowest BCUT2D eigenvalue weighted by Gasteiger charge is -2.24. The summed E-state index contributed by atoms with van der Waals surface area (Å²) in [5.74, 6) is 0. The summed E-state index contributed by atoms with van der Waals surface area (Å²) >= 11 is 0. The molecule has 2 heterocycles. The zero-order chi connectivity index (χ0) is 27.4. The van der Waals surface area contributed by atoms with Crippen molar-refractivity contribution in [2.75, 3.05) is 33.0 Å². The molecule has 9 N–H and O–H groups in total. The van der Waals surface area contributed by atoms with Gasteiger partial charge in [-0.3, -0.25) is 18.9 Å². The summed E-state index contributed by atoms with van der Waals surface area (Å²) in [6, 6.07) is 0. The van der Waals surface area contributed by atoms with Crippen LogP contribution in [0, 0.1) is 12.3 Å². The second-order valence-electron chi connectivity index (χ2n) is 8.06. The fourth-order valence-electron chi connectivity index (χ4n) is 2.49. The number of hydrogen-bond donors (Lipinski definition) is 9. The van der Waals surface area contributed by atoms with E-state index in [1.54, 1.807) is 0 Å². The maximum absolute atomic E-state index is 11.7. The third-order valence-electron chi connectivity index (χ3n) is 5.09. The van der Waals surface area contributed by atoms with Crippen LogP contribution in [0.3, 0.4) is 0 Å². The van der Waals surface area contributed by atoms with Gasteiger partial charge in [-0.05, 0) is 20.3 Å². The van der Waals surface area contributed by atoms with Crippen molar-refractivity contribution in [1.82, 2.24) is 9.55 Å². The van der Waals surface area contributed by atoms with Gasteiger partial charge in [0.25, 0.3) is 5.56 Å². The van der Waals surface area contributed by atoms with E-state index in [1.807, 2.05) is 6.92 Å². The molecule has 1 aliphatic rings. The molecule has 1 unspecified atom stereocenters. The molecule has 0 radical (unpaired) electrons. The molecule has 35 heavy (non-hydrogen) atoms. The van der Waals surface area contributed by atoms with E-state index in [9.17, 15) is 19.3 Å². The molecule has 0 aromatic carbocycles. The first-order chi connectivity index (χ1) is 16.2. The summed E-state index contributed by atoms with van der Waals surface area (Å²) in [4.78, 5) is 42.3. The van der Waals surface area contributed by atoms with E-state index in [1.165, 1.54) is 20.0 Å². The maximum atomic E-state index is 11.7. The van der Waals surface area contributed by atoms with Crippen LogP contribution in [0.5, 0.6) is 0 Å². The fourth-order valence-corrected chi connectivity index (χ4v) is 2.83. The minimum atomic E-state index is -4.67. The summed E-state index contributed by atoms with van der Waals surface area (Å²) in [5, 5.41) is 51.8. The number of ether oxygens (including phenoxy) is 1. The van der Waals surface area contributed by atoms with Crippen LogP contribution in [0.15, 0.2) is 15.8 Å². The first-order valence-corrected chi connectivity index (χ1v) is 12.2. The van der Waals surface area contributed by atoms with E-state index in [0.29, 0.717) is 12.0 Å². The van der Waals surface area contributed by atoms with E-state index < -0.39 is 55.6 Å². The van der Waals surface area contributed by atoms with Crippen molar-refractivity contribution in [3.63, 3.8) is 0 Å². The summed E-state index contributed by atoms with van der Waals surface area (Å²) in [6.07, 6.45) is -1.53. The van der Waals surface area contributed by atoms with Crippen LogP contribution < -0.4 is 11.2 Å². The molecule has 15 nitrogen and oxygen atoms in total. The van der Waals surface area contributed by atoms with E-state index >= 15 is 0 Å². The number of nitrogens with one attached hydrogen (secondary N) is 1. The number of aromatic amines is 1. The molecule has 1 fully saturated rings. The zero-order valence-corrected chi connectivity index (χ0v) is 20.7. The SMILES string of the molecule is CC(O)CO.CCC(CO)(CO)CO.Cc1cn([C@H]2C[C@H](O)[C@@H](COP(=O)(O)O)O2)c(=O)[nH]c1=O. The Balaban J connectivity index is 0.000000684. The topological polar surface area (TPSA) is 252 Å². The smallest absolute Gasteiger partial charge is 0.396 e. The molecular weight excluding hydrogens is 495 g/mol. The van der Waals surface area contributed by atoms with Gasteiger partial charge in [0.1, 0.15) is 12.3 Å². The highest BCUT2D eigenvalue weighted by Gasteiger charge is 2.37. The molecule has 2 rings (SSSR count). The van der Waals surface area contributed by atoms with Crippen molar-refractivity contribution >= 4 is 7.82 Å². The molecular formula is C19H37N2O13P. The Morgan fingerprint density at radius 3 is 2.11 bits per heavy atom. The predicted octanol–water partition coefficient (Wildman–Crippen LogP) is -2.68. The molecule has 0 spiro atoms. The number of aliphatic hydroxyl groups is 6. The summed E-state index contributed by atoms with van der Waals surface area (Å²) in [5.41, 5.74) is -1.59. The van der Waals surface area contributed by atoms with Gasteiger partial charge in [0, 0.05) is 23.6 Å². The van der Waals surface area contributed by atoms with Crippen molar-refractivity contribution in [2.45, 2.75) is 58.2 Å². The fraction of sp³-hybridized carbons (Fsp3) is 0.789. The summed E-state index contributed by atoms with van der Waals surface area (Å²) in [7, 11) is -4.67. The number of phosphoric ester groups is 1. The highest BCUT2D eigenvalue weighted by atomic mass is 31.2. The van der Waals surface area contributed by atoms with Crippen molar-refractivity contribution in [3.05, 3.63) is 32.6 Å². The van der Waals surface area contributed by atoms with Crippen molar-refractivity contribution in [2.24, 2.45) is 5.41 Å². The van der Waals surface area contributed by atoms with Gasteiger partial charge in [-0.1, -0.05) is 6.92 Å². The van der Waals surface area contributed by atoms with Crippen molar-refractivity contribution < 1.29 is 54.3 Å². The van der Waals surface area contributed by atoms with Gasteiger partial charge in [-0.2, -0.15) is 0 Å². The second kappa shape index (κ2) is 15.6. The first-order valence-electron chi connectivity index (χ1n) is 10.7. The molecule has 1 aromatic heterocycles. The molecule has 1 aliphatic heterocycles. The Morgan fingerprint density at radius 2 is 1.74 bits per heavy atom. The molecule has 4 atom stereocenters. The van der Waals surface area contributed by atoms with Crippen LogP contribution in [0.2, 0.25) is 0 Å². The average Bonchev–Trinajstić information content (AvgIpc) is 3.17. The minimum Gasteiger partial charge on any atom is -0.396 e. The van der Waals surface area contributed by atoms with Crippen LogP contribution in [-0.4, -0.2) is 101 Å². The van der Waals surface area contributed by atoms with Crippen molar-refractivity contribution in [1.29, 1.82) is 0 Å². The maximum Gasteiger partial charge on any atom is 0.469 e. The highest BCUT2D eigenvalue weighted by molar-refractivity contribution is 7.46. The van der Waals surface area contributed by atoms with E-state index in [4.69, 9.17) is 40.1 Å². The summed E-state index contributed by atoms with van der Waals surface area (Å²) < 4.78 is 21.4. The van der Waals surface area contributed by atoms with Crippen LogP contribution in [-0.2, 0) is 13.8 Å². The number of phosphoric acid groups is 1. The number of aryl methyl sites for hydroxylation is 1. The first kappa shape index (κ1) is 33.5. The van der Waals surface area contributed by atoms with Gasteiger partial charge in [0.05, 0.1) is 45.2 Å². The van der Waals surface area contributed by atoms with Gasteiger partial charge in [0.15, 0.2) is 0 Å². The lowest BCUT2D eigenvalue weighted by molar-refractivity contribution is -0.0451. The number of aliphatic hydroxyl groups excluding tert-OH is 6. The Bertz CT molecular complexity index is 876. The quantitative estimate of drug-likeness (QED) is 0.147. The zero-order valence-electron chi connectivity index (χ0n) is 19.8. The molecule has 1 saturated heterocycles. The van der Waals surface area contributed by atoms with Crippen molar-refractivity contribution in [3.8, 4) is 0 Å². The molecule has 1 aromatic rings. The van der Waals surface area contributed by atoms with Crippen LogP contribution in [0.1, 0.15) is 38.5 Å². The van der Waals surface area contributed by atoms with Gasteiger partial charge >= 0.3 is 13.5 Å². The van der Waals surface area contributed by atoms with E-state index in [2.05, 4.69) is 9.51 Å². The van der Waals surface area contributed by atoms with Crippen LogP contribution >= 0.6 is 7.82 Å². The van der Waals surface area contributed by atoms with Gasteiger partial charge in [-0.25, -0.2) is 9.36 Å². The molecule has 16 heteroatoms. The predicted molar refractivity (Wildman–Crippen MR) is 121 cm³/mol. The van der Waals surface area contributed by atoms with Crippen LogP contribution in [0.4, 0.5) is 0 Å². The monoisotopic (exact) mass is 532 g/mol. The second-order valence-corrected chi connectivity index (χ2v) is 9.30. The Morgan fingerprint density at radius 1 is 1.23 bits per heavy atom. The largest absolute Gasteiger partial charge is 0.469 e. The highest BCUT2D eigenvalue weighted by Crippen LogP contribution is 2.38. The Kier molecular flexibility index (Phi) is 14.9. The molecule has 0 saturated carbocycles. The minimum absolute atomic E-state index is 0.0283. The number of aromatic nitrogens is 2. The number of rotatable bonds is 9. The third-order valence-corrected chi connectivity index (χ3v) is 5.57.